The second kappa shape index (κ2) is 15.1. The highest BCUT2D eigenvalue weighted by molar-refractivity contribution is 5.33. The normalized spacial score (nSPS) is 17.6. The van der Waals surface area contributed by atoms with Gasteiger partial charge in [-0.3, -0.25) is 0 Å². The van der Waals surface area contributed by atoms with Crippen LogP contribution >= 0.6 is 0 Å². The number of hydrogen-bond donors (Lipinski definition) is 1. The van der Waals surface area contributed by atoms with Gasteiger partial charge in [0.25, 0.3) is 0 Å². The first-order valence-corrected chi connectivity index (χ1v) is 11.7. The number of fused-ring (bicyclic) bond motifs is 2. The molecule has 0 radical (unpaired) electrons. The average molecular weight is 432 g/mol. The second-order valence-corrected chi connectivity index (χ2v) is 8.14. The fourth-order valence-electron chi connectivity index (χ4n) is 3.99. The standard InChI is InChI=1S/C26H37NO2.ClH/c1-2-4-6-8-14-20-29-26-18-12-10-16-24(26)22-27-21-23-15-9-11-17-25(23)28-19-13-7-5-3-1;/h9-12,15-18,27H,1-8,13-14,19-22H2;1H. The van der Waals surface area contributed by atoms with Crippen molar-refractivity contribution in [1.29, 1.82) is 0 Å². The third kappa shape index (κ3) is 8.97. The van der Waals surface area contributed by atoms with E-state index < -0.39 is 0 Å². The Hall–Kier alpha value is -1.71. The van der Waals surface area contributed by atoms with Crippen LogP contribution in [0.15, 0.2) is 48.5 Å². The summed E-state index contributed by atoms with van der Waals surface area (Å²) in [6.45, 7) is 3.50. The van der Waals surface area contributed by atoms with Crippen molar-refractivity contribution in [3.05, 3.63) is 59.7 Å². The van der Waals surface area contributed by atoms with Crippen LogP contribution < -0.4 is 27.2 Å². The Balaban J connectivity index is 0.00000320. The fourth-order valence-corrected chi connectivity index (χ4v) is 3.99. The molecule has 3 rings (SSSR count). The summed E-state index contributed by atoms with van der Waals surface area (Å²) < 4.78 is 12.2. The van der Waals surface area contributed by atoms with Crippen LogP contribution in [0, 0.1) is 0 Å². The zero-order valence-electron chi connectivity index (χ0n) is 18.3. The van der Waals surface area contributed by atoms with Crippen molar-refractivity contribution in [2.24, 2.45) is 0 Å². The zero-order valence-corrected chi connectivity index (χ0v) is 19.0. The van der Waals surface area contributed by atoms with Gasteiger partial charge in [0, 0.05) is 11.1 Å². The van der Waals surface area contributed by atoms with Gasteiger partial charge in [-0.05, 0) is 37.1 Å². The number of hydrogen-bond acceptors (Lipinski definition) is 2. The summed E-state index contributed by atoms with van der Waals surface area (Å²) in [6.07, 6.45) is 13.0. The van der Waals surface area contributed by atoms with Crippen LogP contribution in [0.1, 0.15) is 75.3 Å². The van der Waals surface area contributed by atoms with Crippen LogP contribution in [-0.4, -0.2) is 13.2 Å². The SMILES string of the molecule is [Cl-].c1ccc2c(c1)C[NH2+]Cc1ccccc1OCCCCCCCCCCCCO2. The molecule has 30 heavy (non-hydrogen) atoms. The number of quaternary nitrogens is 1. The molecule has 166 valence electrons. The number of ether oxygens (including phenoxy) is 2. The number of benzene rings is 2. The first kappa shape index (κ1) is 24.6. The monoisotopic (exact) mass is 431 g/mol. The van der Waals surface area contributed by atoms with Gasteiger partial charge >= 0.3 is 0 Å². The molecule has 0 bridgehead atoms. The highest BCUT2D eigenvalue weighted by atomic mass is 35.5. The quantitative estimate of drug-likeness (QED) is 0.695. The molecule has 0 amide bonds. The van der Waals surface area contributed by atoms with Gasteiger partial charge in [0.1, 0.15) is 24.6 Å². The summed E-state index contributed by atoms with van der Waals surface area (Å²) in [7, 11) is 0. The van der Waals surface area contributed by atoms with Gasteiger partial charge < -0.3 is 27.2 Å². The zero-order chi connectivity index (χ0) is 20.0. The van der Waals surface area contributed by atoms with Crippen molar-refractivity contribution in [3.8, 4) is 11.5 Å². The Morgan fingerprint density at radius 1 is 0.500 bits per heavy atom. The minimum atomic E-state index is 0. The molecule has 0 spiro atoms. The van der Waals surface area contributed by atoms with E-state index in [4.69, 9.17) is 9.47 Å². The molecule has 2 aromatic rings. The van der Waals surface area contributed by atoms with Crippen LogP contribution in [0.3, 0.4) is 0 Å². The first-order valence-electron chi connectivity index (χ1n) is 11.7. The van der Waals surface area contributed by atoms with E-state index in [0.29, 0.717) is 0 Å². The minimum absolute atomic E-state index is 0. The average Bonchev–Trinajstić information content (AvgIpc) is 2.75. The molecule has 1 heterocycles. The van der Waals surface area contributed by atoms with Crippen LogP contribution in [0.5, 0.6) is 11.5 Å². The number of rotatable bonds is 0. The van der Waals surface area contributed by atoms with E-state index in [-0.39, 0.29) is 12.4 Å². The van der Waals surface area contributed by atoms with Crippen molar-refractivity contribution >= 4 is 0 Å². The molecule has 0 atom stereocenters. The molecule has 2 aromatic carbocycles. The molecule has 2 N–H and O–H groups in total. The molecule has 4 heteroatoms. The maximum absolute atomic E-state index is 6.11. The summed E-state index contributed by atoms with van der Waals surface area (Å²) in [4.78, 5) is 0. The summed E-state index contributed by atoms with van der Waals surface area (Å²) in [5.74, 6) is 2.08. The van der Waals surface area contributed by atoms with Crippen molar-refractivity contribution < 1.29 is 27.2 Å². The molecule has 0 aromatic heterocycles. The van der Waals surface area contributed by atoms with E-state index in [0.717, 1.165) is 50.6 Å². The van der Waals surface area contributed by atoms with Crippen molar-refractivity contribution in [2.45, 2.75) is 77.3 Å². The van der Waals surface area contributed by atoms with E-state index in [1.165, 1.54) is 62.5 Å². The Labute approximate surface area is 189 Å². The van der Waals surface area contributed by atoms with E-state index in [2.05, 4.69) is 53.8 Å². The van der Waals surface area contributed by atoms with Gasteiger partial charge in [0.2, 0.25) is 0 Å². The van der Waals surface area contributed by atoms with Crippen LogP contribution in [0.4, 0.5) is 0 Å². The third-order valence-electron chi connectivity index (χ3n) is 5.73. The molecule has 0 aliphatic carbocycles. The fraction of sp³-hybridized carbons (Fsp3) is 0.538. The third-order valence-corrected chi connectivity index (χ3v) is 5.73. The summed E-state index contributed by atoms with van der Waals surface area (Å²) in [5, 5.41) is 2.34. The van der Waals surface area contributed by atoms with Gasteiger partial charge in [0.15, 0.2) is 0 Å². The second-order valence-electron chi connectivity index (χ2n) is 8.14. The Morgan fingerprint density at radius 3 is 1.30 bits per heavy atom. The number of nitrogens with two attached hydrogens (primary N) is 1. The van der Waals surface area contributed by atoms with Gasteiger partial charge in [-0.25, -0.2) is 0 Å². The number of halogens is 1. The predicted molar refractivity (Wildman–Crippen MR) is 119 cm³/mol. The van der Waals surface area contributed by atoms with Gasteiger partial charge in [-0.1, -0.05) is 75.6 Å². The Bertz CT molecular complexity index is 647. The Kier molecular flexibility index (Phi) is 12.4. The topological polar surface area (TPSA) is 35.1 Å². The predicted octanol–water partition coefficient (Wildman–Crippen LogP) is 2.63. The maximum atomic E-state index is 6.11. The highest BCUT2D eigenvalue weighted by Crippen LogP contribution is 2.20. The van der Waals surface area contributed by atoms with Gasteiger partial charge in [-0.15, -0.1) is 0 Å². The van der Waals surface area contributed by atoms with Crippen LogP contribution in [0.25, 0.3) is 0 Å². The van der Waals surface area contributed by atoms with Crippen molar-refractivity contribution in [2.75, 3.05) is 13.2 Å². The lowest BCUT2D eigenvalue weighted by Crippen LogP contribution is -3.00. The molecule has 0 saturated carbocycles. The molecule has 1 aliphatic rings. The smallest absolute Gasteiger partial charge is 0.128 e. The highest BCUT2D eigenvalue weighted by Gasteiger charge is 2.08. The molecule has 0 fully saturated rings. The minimum Gasteiger partial charge on any atom is -1.00 e. The lowest BCUT2D eigenvalue weighted by Gasteiger charge is -2.12. The van der Waals surface area contributed by atoms with E-state index >= 15 is 0 Å². The van der Waals surface area contributed by atoms with E-state index in [9.17, 15) is 0 Å². The summed E-state index contributed by atoms with van der Waals surface area (Å²) in [5.41, 5.74) is 2.55. The molecule has 0 saturated heterocycles. The lowest BCUT2D eigenvalue weighted by molar-refractivity contribution is -0.686. The van der Waals surface area contributed by atoms with Crippen LogP contribution in [0.2, 0.25) is 0 Å². The first-order chi connectivity index (χ1) is 14.4. The molecule has 1 aliphatic heterocycles. The molecular formula is C26H38ClNO2. The van der Waals surface area contributed by atoms with Gasteiger partial charge in [0.05, 0.1) is 13.2 Å². The maximum Gasteiger partial charge on any atom is 0.128 e. The molecule has 0 unspecified atom stereocenters. The molecular weight excluding hydrogens is 394 g/mol. The summed E-state index contributed by atoms with van der Waals surface area (Å²) >= 11 is 0. The summed E-state index contributed by atoms with van der Waals surface area (Å²) in [6, 6.07) is 16.9. The van der Waals surface area contributed by atoms with Gasteiger partial charge in [-0.2, -0.15) is 0 Å². The molecule has 3 nitrogen and oxygen atoms in total. The van der Waals surface area contributed by atoms with Crippen LogP contribution in [-0.2, 0) is 13.1 Å². The van der Waals surface area contributed by atoms with Crippen molar-refractivity contribution in [1.82, 2.24) is 0 Å². The van der Waals surface area contributed by atoms with E-state index in [1.807, 2.05) is 0 Å². The Morgan fingerprint density at radius 2 is 0.867 bits per heavy atom. The lowest BCUT2D eigenvalue weighted by atomic mass is 10.1. The van der Waals surface area contributed by atoms with Crippen molar-refractivity contribution in [3.63, 3.8) is 0 Å². The number of para-hydroxylation sites is 2. The van der Waals surface area contributed by atoms with E-state index in [1.54, 1.807) is 0 Å². The largest absolute Gasteiger partial charge is 1.00 e.